The molecule has 35 heavy (non-hydrogen) atoms. The minimum Gasteiger partial charge on any atom is -0.496 e. The fourth-order valence-corrected chi connectivity index (χ4v) is 4.60. The van der Waals surface area contributed by atoms with E-state index < -0.39 is 0 Å². The molecule has 2 N–H and O–H groups in total. The first-order chi connectivity index (χ1) is 16.9. The molecule has 0 atom stereocenters. The quantitative estimate of drug-likeness (QED) is 0.240. The van der Waals surface area contributed by atoms with E-state index in [2.05, 4.69) is 33.2 Å². The maximum absolute atomic E-state index is 13.1. The summed E-state index contributed by atoms with van der Waals surface area (Å²) >= 11 is 2.16. The zero-order valence-electron chi connectivity index (χ0n) is 18.7. The normalized spacial score (nSPS) is 13.1. The van der Waals surface area contributed by atoms with Gasteiger partial charge >= 0.3 is 0 Å². The van der Waals surface area contributed by atoms with Gasteiger partial charge in [-0.15, -0.1) is 0 Å². The van der Waals surface area contributed by atoms with Gasteiger partial charge in [-0.3, -0.25) is 19.3 Å². The van der Waals surface area contributed by atoms with Crippen molar-refractivity contribution in [2.45, 2.75) is 6.42 Å². The van der Waals surface area contributed by atoms with Crippen molar-refractivity contribution >= 4 is 73.8 Å². The number of rotatable bonds is 4. The second kappa shape index (κ2) is 9.38. The summed E-state index contributed by atoms with van der Waals surface area (Å²) in [6.45, 7) is 0. The van der Waals surface area contributed by atoms with Crippen LogP contribution in [0.25, 0.3) is 10.8 Å². The van der Waals surface area contributed by atoms with Crippen LogP contribution in [-0.4, -0.2) is 24.8 Å². The van der Waals surface area contributed by atoms with Crippen LogP contribution in [0.5, 0.6) is 5.75 Å². The molecule has 5 rings (SSSR count). The summed E-state index contributed by atoms with van der Waals surface area (Å²) in [5.41, 5.74) is 2.77. The summed E-state index contributed by atoms with van der Waals surface area (Å²) in [4.78, 5) is 39.8. The topological polar surface area (TPSA) is 87.7 Å². The van der Waals surface area contributed by atoms with Crippen LogP contribution in [0.3, 0.4) is 0 Å². The lowest BCUT2D eigenvalue weighted by atomic mass is 10.1. The molecule has 1 heterocycles. The van der Waals surface area contributed by atoms with Crippen molar-refractivity contribution in [3.63, 3.8) is 0 Å². The highest BCUT2D eigenvalue weighted by molar-refractivity contribution is 14.1. The Morgan fingerprint density at radius 1 is 1.00 bits per heavy atom. The molecule has 0 bridgehead atoms. The summed E-state index contributed by atoms with van der Waals surface area (Å²) in [5.74, 6) is -0.506. The molecule has 4 aromatic carbocycles. The van der Waals surface area contributed by atoms with Crippen molar-refractivity contribution in [3.8, 4) is 5.75 Å². The number of methoxy groups -OCH3 is 1. The summed E-state index contributed by atoms with van der Waals surface area (Å²) in [7, 11) is 1.52. The smallest absolute Gasteiger partial charge is 0.259 e. The zero-order chi connectivity index (χ0) is 24.5. The van der Waals surface area contributed by atoms with Gasteiger partial charge in [-0.05, 0) is 76.5 Å². The average molecular weight is 577 g/mol. The molecule has 0 unspecified atom stereocenters. The molecule has 0 aromatic heterocycles. The summed E-state index contributed by atoms with van der Waals surface area (Å²) in [6, 6.07) is 23.7. The second-order valence-electron chi connectivity index (χ2n) is 7.98. The van der Waals surface area contributed by atoms with E-state index >= 15 is 0 Å². The van der Waals surface area contributed by atoms with Crippen molar-refractivity contribution in [2.24, 2.45) is 0 Å². The summed E-state index contributed by atoms with van der Waals surface area (Å²) in [5, 5.41) is 7.58. The molecule has 8 heteroatoms. The molecule has 0 radical (unpaired) electrons. The van der Waals surface area contributed by atoms with Crippen molar-refractivity contribution in [1.82, 2.24) is 0 Å². The molecule has 0 aliphatic carbocycles. The highest BCUT2D eigenvalue weighted by Crippen LogP contribution is 2.40. The number of benzene rings is 4. The van der Waals surface area contributed by atoms with Crippen LogP contribution < -0.4 is 20.3 Å². The third kappa shape index (κ3) is 4.44. The van der Waals surface area contributed by atoms with E-state index in [0.29, 0.717) is 34.1 Å². The average Bonchev–Trinajstić information content (AvgIpc) is 2.99. The predicted molar refractivity (Wildman–Crippen MR) is 144 cm³/mol. The van der Waals surface area contributed by atoms with Gasteiger partial charge in [0.05, 0.1) is 24.0 Å². The minimum absolute atomic E-state index is 0.270. The highest BCUT2D eigenvalue weighted by Gasteiger charge is 2.28. The third-order valence-corrected chi connectivity index (χ3v) is 6.44. The number of hydrogen-bond donors (Lipinski definition) is 2. The molecular weight excluding hydrogens is 557 g/mol. The van der Waals surface area contributed by atoms with Gasteiger partial charge in [-0.1, -0.05) is 30.3 Å². The number of anilines is 4. The van der Waals surface area contributed by atoms with E-state index in [0.717, 1.165) is 14.3 Å². The number of hydrogen-bond acceptors (Lipinski definition) is 4. The first-order valence-electron chi connectivity index (χ1n) is 10.8. The lowest BCUT2D eigenvalue weighted by molar-refractivity contribution is -0.124. The lowest BCUT2D eigenvalue weighted by Crippen LogP contribution is -2.26. The van der Waals surface area contributed by atoms with E-state index in [1.54, 1.807) is 36.4 Å². The number of nitrogens with zero attached hydrogens (tertiary/aromatic N) is 1. The monoisotopic (exact) mass is 577 g/mol. The van der Waals surface area contributed by atoms with E-state index in [1.807, 2.05) is 42.5 Å². The fourth-order valence-electron chi connectivity index (χ4n) is 4.14. The number of amides is 3. The SMILES string of the molecule is COc1cc(I)ccc1C(=O)Nc1ccc(N2C(=O)CC(=O)Nc3c2ccc2ccccc32)cc1. The summed E-state index contributed by atoms with van der Waals surface area (Å²) in [6.07, 6.45) is -0.270. The molecule has 4 aromatic rings. The molecule has 3 amide bonds. The number of halogens is 1. The standard InChI is InChI=1S/C27H20IN3O4/c1-35-23-14-17(28)7-12-21(23)27(34)29-18-8-10-19(11-9-18)31-22-13-6-16-4-2-3-5-20(16)26(22)30-24(32)15-25(31)33/h2-14H,15H2,1H3,(H,29,34)(H,30,32). The van der Waals surface area contributed by atoms with E-state index in [9.17, 15) is 14.4 Å². The van der Waals surface area contributed by atoms with Gasteiger partial charge in [0.25, 0.3) is 5.91 Å². The van der Waals surface area contributed by atoms with Gasteiger partial charge in [-0.2, -0.15) is 0 Å². The van der Waals surface area contributed by atoms with Crippen LogP contribution >= 0.6 is 22.6 Å². The number of nitrogens with one attached hydrogen (secondary N) is 2. The summed E-state index contributed by atoms with van der Waals surface area (Å²) < 4.78 is 6.30. The Balaban J connectivity index is 1.47. The first-order valence-corrected chi connectivity index (χ1v) is 11.9. The Morgan fingerprint density at radius 3 is 2.54 bits per heavy atom. The van der Waals surface area contributed by atoms with Gasteiger partial charge in [0.15, 0.2) is 0 Å². The van der Waals surface area contributed by atoms with Gasteiger partial charge in [0.2, 0.25) is 11.8 Å². The molecule has 0 spiro atoms. The van der Waals surface area contributed by atoms with Gasteiger partial charge in [0, 0.05) is 20.3 Å². The zero-order valence-corrected chi connectivity index (χ0v) is 20.8. The van der Waals surface area contributed by atoms with Crippen LogP contribution in [0.2, 0.25) is 0 Å². The van der Waals surface area contributed by atoms with Gasteiger partial charge in [-0.25, -0.2) is 0 Å². The Labute approximate surface area is 215 Å². The number of ether oxygens (including phenoxy) is 1. The van der Waals surface area contributed by atoms with E-state index in [-0.39, 0.29) is 24.1 Å². The van der Waals surface area contributed by atoms with Crippen LogP contribution in [0, 0.1) is 3.57 Å². The number of carbonyl (C=O) groups is 3. The van der Waals surface area contributed by atoms with Crippen molar-refractivity contribution in [2.75, 3.05) is 22.6 Å². The van der Waals surface area contributed by atoms with Crippen LogP contribution in [-0.2, 0) is 9.59 Å². The lowest BCUT2D eigenvalue weighted by Gasteiger charge is -2.23. The second-order valence-corrected chi connectivity index (χ2v) is 9.23. The predicted octanol–water partition coefficient (Wildman–Crippen LogP) is 5.71. The number of fused-ring (bicyclic) bond motifs is 3. The Morgan fingerprint density at radius 2 is 1.77 bits per heavy atom. The minimum atomic E-state index is -0.356. The van der Waals surface area contributed by atoms with Crippen LogP contribution in [0.15, 0.2) is 78.9 Å². The van der Waals surface area contributed by atoms with E-state index in [1.165, 1.54) is 12.0 Å². The number of carbonyl (C=O) groups excluding carboxylic acids is 3. The van der Waals surface area contributed by atoms with Crippen molar-refractivity contribution < 1.29 is 19.1 Å². The van der Waals surface area contributed by atoms with Gasteiger partial charge < -0.3 is 15.4 Å². The Kier molecular flexibility index (Phi) is 6.12. The molecule has 1 aliphatic rings. The van der Waals surface area contributed by atoms with E-state index in [4.69, 9.17) is 4.74 Å². The maximum atomic E-state index is 13.1. The van der Waals surface area contributed by atoms with Crippen molar-refractivity contribution in [3.05, 3.63) is 88.0 Å². The Bertz CT molecular complexity index is 1480. The molecular formula is C27H20IN3O4. The van der Waals surface area contributed by atoms with Gasteiger partial charge in [0.1, 0.15) is 12.2 Å². The van der Waals surface area contributed by atoms with Crippen molar-refractivity contribution in [1.29, 1.82) is 0 Å². The largest absolute Gasteiger partial charge is 0.496 e. The third-order valence-electron chi connectivity index (χ3n) is 5.77. The highest BCUT2D eigenvalue weighted by atomic mass is 127. The Hall–Kier alpha value is -3.92. The first kappa shape index (κ1) is 22.9. The molecule has 0 saturated heterocycles. The fraction of sp³-hybridized carbons (Fsp3) is 0.0741. The molecule has 174 valence electrons. The molecule has 1 aliphatic heterocycles. The molecule has 7 nitrogen and oxygen atoms in total. The van der Waals surface area contributed by atoms with Crippen LogP contribution in [0.1, 0.15) is 16.8 Å². The van der Waals surface area contributed by atoms with Crippen LogP contribution in [0.4, 0.5) is 22.7 Å². The molecule has 0 fully saturated rings. The molecule has 0 saturated carbocycles. The maximum Gasteiger partial charge on any atom is 0.259 e.